The molecule has 1 atom stereocenters. The maximum Gasteiger partial charge on any atom is 0.330 e. The van der Waals surface area contributed by atoms with E-state index in [-0.39, 0.29) is 13.2 Å². The first kappa shape index (κ1) is 15.2. The monoisotopic (exact) mass is 244 g/mol. The zero-order chi connectivity index (χ0) is 13.3. The van der Waals surface area contributed by atoms with E-state index in [1.165, 1.54) is 19.9 Å². The Morgan fingerprint density at radius 1 is 1.12 bits per heavy atom. The second-order valence-corrected chi connectivity index (χ2v) is 3.06. The van der Waals surface area contributed by atoms with Crippen molar-refractivity contribution in [3.05, 3.63) is 12.2 Å². The molecule has 0 aliphatic rings. The molecule has 0 N–H and O–H groups in total. The summed E-state index contributed by atoms with van der Waals surface area (Å²) < 4.78 is 14.1. The lowest BCUT2D eigenvalue weighted by Gasteiger charge is -2.12. The predicted molar refractivity (Wildman–Crippen MR) is 58.0 cm³/mol. The molecule has 0 aromatic rings. The van der Waals surface area contributed by atoms with Crippen LogP contribution in [0.4, 0.5) is 0 Å². The van der Waals surface area contributed by atoms with Crippen LogP contribution in [0.2, 0.25) is 0 Å². The second kappa shape index (κ2) is 8.32. The molecule has 0 saturated heterocycles. The van der Waals surface area contributed by atoms with Crippen LogP contribution in [0.5, 0.6) is 0 Å². The van der Waals surface area contributed by atoms with E-state index in [4.69, 9.17) is 4.74 Å². The highest BCUT2D eigenvalue weighted by Crippen LogP contribution is 1.98. The number of ether oxygens (including phenoxy) is 3. The van der Waals surface area contributed by atoms with Crippen molar-refractivity contribution in [3.63, 3.8) is 0 Å². The first-order chi connectivity index (χ1) is 7.95. The third kappa shape index (κ3) is 9.10. The molecule has 0 radical (unpaired) electrons. The normalized spacial score (nSPS) is 11.9. The van der Waals surface area contributed by atoms with Gasteiger partial charge in [-0.15, -0.1) is 0 Å². The Hall–Kier alpha value is -1.85. The van der Waals surface area contributed by atoms with Crippen molar-refractivity contribution in [2.45, 2.75) is 26.9 Å². The zero-order valence-electron chi connectivity index (χ0n) is 10.1. The number of carbonyl (C=O) groups excluding carboxylic acids is 3. The fourth-order valence-corrected chi connectivity index (χ4v) is 0.918. The molecule has 0 aromatic carbocycles. The van der Waals surface area contributed by atoms with Crippen LogP contribution in [-0.2, 0) is 28.6 Å². The van der Waals surface area contributed by atoms with E-state index in [1.807, 2.05) is 0 Å². The Morgan fingerprint density at radius 3 is 2.24 bits per heavy atom. The fraction of sp³-hybridized carbons (Fsp3) is 0.545. The largest absolute Gasteiger partial charge is 0.463 e. The maximum atomic E-state index is 11.0. The van der Waals surface area contributed by atoms with Gasteiger partial charge in [-0.25, -0.2) is 4.79 Å². The molecule has 0 saturated carbocycles. The lowest BCUT2D eigenvalue weighted by molar-refractivity contribution is -0.153. The van der Waals surface area contributed by atoms with Gasteiger partial charge in [-0.2, -0.15) is 0 Å². The molecule has 0 fully saturated rings. The molecule has 0 rings (SSSR count). The average molecular weight is 244 g/mol. The SMILES string of the molecule is CCOC(=O)/C=C/[C@@H](COC(C)=O)OC(C)=O. The standard InChI is InChI=1S/C11H16O6/c1-4-15-11(14)6-5-10(17-9(3)13)7-16-8(2)12/h5-6,10H,4,7H2,1-3H3/b6-5+/t10-/m0/s1. The van der Waals surface area contributed by atoms with Crippen molar-refractivity contribution in [1.82, 2.24) is 0 Å². The van der Waals surface area contributed by atoms with Gasteiger partial charge >= 0.3 is 17.9 Å². The molecule has 0 aromatic heterocycles. The molecular weight excluding hydrogens is 228 g/mol. The fourth-order valence-electron chi connectivity index (χ4n) is 0.918. The molecular formula is C11H16O6. The number of hydrogen-bond donors (Lipinski definition) is 0. The third-order valence-corrected chi connectivity index (χ3v) is 1.50. The van der Waals surface area contributed by atoms with Gasteiger partial charge in [0.25, 0.3) is 0 Å². The predicted octanol–water partition coefficient (Wildman–Crippen LogP) is 0.600. The van der Waals surface area contributed by atoms with Crippen molar-refractivity contribution >= 4 is 17.9 Å². The summed E-state index contributed by atoms with van der Waals surface area (Å²) >= 11 is 0. The van der Waals surface area contributed by atoms with Gasteiger partial charge in [0.2, 0.25) is 0 Å². The summed E-state index contributed by atoms with van der Waals surface area (Å²) in [5, 5.41) is 0. The highest BCUT2D eigenvalue weighted by Gasteiger charge is 2.11. The number of rotatable bonds is 6. The van der Waals surface area contributed by atoms with E-state index >= 15 is 0 Å². The van der Waals surface area contributed by atoms with Gasteiger partial charge in [0.05, 0.1) is 6.61 Å². The van der Waals surface area contributed by atoms with Crippen molar-refractivity contribution in [2.75, 3.05) is 13.2 Å². The maximum absolute atomic E-state index is 11.0. The van der Waals surface area contributed by atoms with Crippen LogP contribution in [0.25, 0.3) is 0 Å². The summed E-state index contributed by atoms with van der Waals surface area (Å²) in [5.74, 6) is -1.57. The van der Waals surface area contributed by atoms with E-state index in [2.05, 4.69) is 9.47 Å². The van der Waals surface area contributed by atoms with Crippen LogP contribution < -0.4 is 0 Å². The number of carbonyl (C=O) groups is 3. The Labute approximate surface area is 99.5 Å². The quantitative estimate of drug-likeness (QED) is 0.387. The first-order valence-electron chi connectivity index (χ1n) is 5.11. The van der Waals surface area contributed by atoms with Crippen molar-refractivity contribution in [1.29, 1.82) is 0 Å². The second-order valence-electron chi connectivity index (χ2n) is 3.06. The van der Waals surface area contributed by atoms with Crippen molar-refractivity contribution in [3.8, 4) is 0 Å². The Kier molecular flexibility index (Phi) is 7.41. The number of hydrogen-bond acceptors (Lipinski definition) is 6. The van der Waals surface area contributed by atoms with Crippen LogP contribution in [0.1, 0.15) is 20.8 Å². The molecule has 0 spiro atoms. The lowest BCUT2D eigenvalue weighted by atomic mass is 10.3. The highest BCUT2D eigenvalue weighted by molar-refractivity contribution is 5.82. The zero-order valence-corrected chi connectivity index (χ0v) is 10.1. The molecule has 0 aliphatic heterocycles. The van der Waals surface area contributed by atoms with Crippen LogP contribution in [0.3, 0.4) is 0 Å². The van der Waals surface area contributed by atoms with Crippen LogP contribution in [0.15, 0.2) is 12.2 Å². The van der Waals surface area contributed by atoms with Gasteiger partial charge in [0.15, 0.2) is 6.10 Å². The van der Waals surface area contributed by atoms with E-state index in [0.29, 0.717) is 0 Å². The molecule has 0 aliphatic carbocycles. The number of esters is 3. The molecule has 0 bridgehead atoms. The van der Waals surface area contributed by atoms with Crippen LogP contribution in [-0.4, -0.2) is 37.2 Å². The molecule has 96 valence electrons. The Balaban J connectivity index is 4.31. The van der Waals surface area contributed by atoms with Crippen molar-refractivity contribution in [2.24, 2.45) is 0 Å². The third-order valence-electron chi connectivity index (χ3n) is 1.50. The summed E-state index contributed by atoms with van der Waals surface area (Å²) in [6.45, 7) is 4.25. The molecule has 0 amide bonds. The Bertz CT molecular complexity index is 307. The first-order valence-corrected chi connectivity index (χ1v) is 5.11. The summed E-state index contributed by atoms with van der Waals surface area (Å²) in [7, 11) is 0. The minimum Gasteiger partial charge on any atom is -0.463 e. The van der Waals surface area contributed by atoms with Gasteiger partial charge in [-0.3, -0.25) is 9.59 Å². The van der Waals surface area contributed by atoms with E-state index in [1.54, 1.807) is 6.92 Å². The highest BCUT2D eigenvalue weighted by atomic mass is 16.6. The topological polar surface area (TPSA) is 78.9 Å². The van der Waals surface area contributed by atoms with Gasteiger partial charge in [-0.1, -0.05) is 0 Å². The molecule has 6 nitrogen and oxygen atoms in total. The van der Waals surface area contributed by atoms with E-state index in [0.717, 1.165) is 6.08 Å². The molecule has 6 heteroatoms. The molecule has 17 heavy (non-hydrogen) atoms. The average Bonchev–Trinajstić information content (AvgIpc) is 2.21. The molecule has 0 unspecified atom stereocenters. The summed E-state index contributed by atoms with van der Waals surface area (Å²) in [6, 6.07) is 0. The van der Waals surface area contributed by atoms with Gasteiger partial charge in [-0.05, 0) is 13.0 Å². The lowest BCUT2D eigenvalue weighted by Crippen LogP contribution is -2.22. The summed E-state index contributed by atoms with van der Waals surface area (Å²) in [4.78, 5) is 32.4. The van der Waals surface area contributed by atoms with Gasteiger partial charge in [0, 0.05) is 19.9 Å². The minimum absolute atomic E-state index is 0.134. The Morgan fingerprint density at radius 2 is 1.76 bits per heavy atom. The molecule has 0 heterocycles. The summed E-state index contributed by atoms with van der Waals surface area (Å²) in [6.07, 6.45) is 1.64. The summed E-state index contributed by atoms with van der Waals surface area (Å²) in [5.41, 5.74) is 0. The van der Waals surface area contributed by atoms with Crippen LogP contribution >= 0.6 is 0 Å². The van der Waals surface area contributed by atoms with Crippen molar-refractivity contribution < 1.29 is 28.6 Å². The van der Waals surface area contributed by atoms with Crippen LogP contribution in [0, 0.1) is 0 Å². The van der Waals surface area contributed by atoms with E-state index < -0.39 is 24.0 Å². The smallest absolute Gasteiger partial charge is 0.330 e. The van der Waals surface area contributed by atoms with Gasteiger partial charge < -0.3 is 14.2 Å². The minimum atomic E-state index is -0.791. The van der Waals surface area contributed by atoms with Gasteiger partial charge in [0.1, 0.15) is 6.61 Å². The van der Waals surface area contributed by atoms with E-state index in [9.17, 15) is 14.4 Å².